The second-order valence-electron chi connectivity index (χ2n) is 6.02. The number of benzene rings is 1. The molecule has 2 aliphatic carbocycles. The minimum atomic E-state index is 0.241. The summed E-state index contributed by atoms with van der Waals surface area (Å²) in [6.07, 6.45) is 5.30. The average Bonchev–Trinajstić information content (AvgIpc) is 3.05. The number of hydrogen-bond acceptors (Lipinski definition) is 3. The third-order valence-electron chi connectivity index (χ3n) is 4.46. The number of hydrogen-bond donors (Lipinski definition) is 3. The molecule has 0 atom stereocenters. The Hall–Kier alpha value is -1.55. The van der Waals surface area contributed by atoms with Gasteiger partial charge in [0.25, 0.3) is 0 Å². The zero-order chi connectivity index (χ0) is 13.3. The van der Waals surface area contributed by atoms with Crippen LogP contribution in [0.2, 0.25) is 0 Å². The molecule has 4 heteroatoms. The van der Waals surface area contributed by atoms with Crippen LogP contribution in [0.5, 0.6) is 0 Å². The highest BCUT2D eigenvalue weighted by atomic mass is 16.4. The zero-order valence-corrected chi connectivity index (χ0v) is 11.1. The fraction of sp³-hybridized carbons (Fsp3) is 0.533. The number of nitrogens with zero attached hydrogens (tertiary/aromatic N) is 1. The van der Waals surface area contributed by atoms with Crippen molar-refractivity contribution in [2.45, 2.75) is 38.1 Å². The van der Waals surface area contributed by atoms with Crippen LogP contribution >= 0.6 is 0 Å². The van der Waals surface area contributed by atoms with Gasteiger partial charge in [-0.1, -0.05) is 29.4 Å². The molecule has 3 rings (SSSR count). The van der Waals surface area contributed by atoms with Crippen molar-refractivity contribution < 1.29 is 5.21 Å². The Morgan fingerprint density at radius 3 is 2.47 bits per heavy atom. The molecule has 0 heterocycles. The molecule has 102 valence electrons. The van der Waals surface area contributed by atoms with Gasteiger partial charge in [-0.25, -0.2) is 0 Å². The van der Waals surface area contributed by atoms with Crippen molar-refractivity contribution in [3.63, 3.8) is 0 Å². The molecule has 0 unspecified atom stereocenters. The van der Waals surface area contributed by atoms with Gasteiger partial charge in [0.1, 0.15) is 5.84 Å². The molecular weight excluding hydrogens is 238 g/mol. The van der Waals surface area contributed by atoms with E-state index < -0.39 is 0 Å². The molecule has 0 spiro atoms. The molecule has 2 aliphatic rings. The standard InChI is InChI=1S/C15H21N3O/c16-14(18-19)9-15(5-6-15)10-17-13-7-11-3-1-2-4-12(11)8-13/h1-4,13,17,19H,5-10H2,(H2,16,18). The topological polar surface area (TPSA) is 70.6 Å². The van der Waals surface area contributed by atoms with E-state index in [0.29, 0.717) is 18.3 Å². The van der Waals surface area contributed by atoms with Crippen molar-refractivity contribution in [3.05, 3.63) is 35.4 Å². The van der Waals surface area contributed by atoms with Gasteiger partial charge in [-0.15, -0.1) is 0 Å². The van der Waals surface area contributed by atoms with E-state index in [1.54, 1.807) is 0 Å². The maximum Gasteiger partial charge on any atom is 0.139 e. The van der Waals surface area contributed by atoms with E-state index in [2.05, 4.69) is 34.7 Å². The Bertz CT molecular complexity index is 469. The van der Waals surface area contributed by atoms with Crippen molar-refractivity contribution in [2.24, 2.45) is 16.3 Å². The fourth-order valence-corrected chi connectivity index (χ4v) is 3.08. The molecule has 1 saturated carbocycles. The Labute approximate surface area is 113 Å². The molecule has 1 fully saturated rings. The third kappa shape index (κ3) is 2.73. The summed E-state index contributed by atoms with van der Waals surface area (Å²) in [6, 6.07) is 9.21. The van der Waals surface area contributed by atoms with Crippen LogP contribution in [0.25, 0.3) is 0 Å². The van der Waals surface area contributed by atoms with Crippen LogP contribution in [0.4, 0.5) is 0 Å². The smallest absolute Gasteiger partial charge is 0.139 e. The summed E-state index contributed by atoms with van der Waals surface area (Å²) >= 11 is 0. The predicted octanol–water partition coefficient (Wildman–Crippen LogP) is 1.66. The highest BCUT2D eigenvalue weighted by Crippen LogP contribution is 2.48. The van der Waals surface area contributed by atoms with Gasteiger partial charge >= 0.3 is 0 Å². The van der Waals surface area contributed by atoms with E-state index in [4.69, 9.17) is 10.9 Å². The molecule has 1 aromatic rings. The number of amidine groups is 1. The van der Waals surface area contributed by atoms with Crippen LogP contribution in [0.15, 0.2) is 29.4 Å². The van der Waals surface area contributed by atoms with Crippen molar-refractivity contribution in [2.75, 3.05) is 6.54 Å². The van der Waals surface area contributed by atoms with E-state index >= 15 is 0 Å². The zero-order valence-electron chi connectivity index (χ0n) is 11.1. The lowest BCUT2D eigenvalue weighted by Crippen LogP contribution is -2.36. The Kier molecular flexibility index (Phi) is 3.19. The molecule has 0 saturated heterocycles. The largest absolute Gasteiger partial charge is 0.409 e. The van der Waals surface area contributed by atoms with Crippen molar-refractivity contribution in [3.8, 4) is 0 Å². The van der Waals surface area contributed by atoms with Gasteiger partial charge in [-0.3, -0.25) is 0 Å². The first-order valence-corrected chi connectivity index (χ1v) is 6.97. The SMILES string of the molecule is N/C(CC1(CNC2Cc3ccccc3C2)CC1)=N/O. The first kappa shape index (κ1) is 12.5. The van der Waals surface area contributed by atoms with Crippen LogP contribution in [-0.4, -0.2) is 23.6 Å². The molecule has 4 nitrogen and oxygen atoms in total. The van der Waals surface area contributed by atoms with E-state index in [1.165, 1.54) is 24.0 Å². The van der Waals surface area contributed by atoms with Crippen LogP contribution in [0.3, 0.4) is 0 Å². The van der Waals surface area contributed by atoms with E-state index in [9.17, 15) is 0 Å². The van der Waals surface area contributed by atoms with Gasteiger partial charge in [-0.05, 0) is 42.2 Å². The lowest BCUT2D eigenvalue weighted by molar-refractivity contribution is 0.313. The number of oxime groups is 1. The maximum atomic E-state index is 8.67. The van der Waals surface area contributed by atoms with Crippen molar-refractivity contribution in [1.29, 1.82) is 0 Å². The predicted molar refractivity (Wildman–Crippen MR) is 75.3 cm³/mol. The molecule has 0 bridgehead atoms. The number of fused-ring (bicyclic) bond motifs is 1. The first-order valence-electron chi connectivity index (χ1n) is 6.97. The summed E-state index contributed by atoms with van der Waals surface area (Å²) in [5, 5.41) is 15.4. The lowest BCUT2D eigenvalue weighted by Gasteiger charge is -2.19. The van der Waals surface area contributed by atoms with Crippen LogP contribution < -0.4 is 11.1 Å². The minimum absolute atomic E-state index is 0.241. The molecule has 0 radical (unpaired) electrons. The fourth-order valence-electron chi connectivity index (χ4n) is 3.08. The number of nitrogens with two attached hydrogens (primary N) is 1. The van der Waals surface area contributed by atoms with Crippen molar-refractivity contribution in [1.82, 2.24) is 5.32 Å². The Balaban J connectivity index is 1.52. The molecule has 19 heavy (non-hydrogen) atoms. The minimum Gasteiger partial charge on any atom is -0.409 e. The van der Waals surface area contributed by atoms with Crippen molar-refractivity contribution >= 4 is 5.84 Å². The first-order chi connectivity index (χ1) is 9.21. The Morgan fingerprint density at radius 1 is 1.32 bits per heavy atom. The highest BCUT2D eigenvalue weighted by molar-refractivity contribution is 5.80. The van der Waals surface area contributed by atoms with Gasteiger partial charge in [0.15, 0.2) is 0 Å². The van der Waals surface area contributed by atoms with Gasteiger partial charge in [0.2, 0.25) is 0 Å². The molecule has 0 amide bonds. The lowest BCUT2D eigenvalue weighted by atomic mass is 10.0. The summed E-state index contributed by atoms with van der Waals surface area (Å²) in [5.41, 5.74) is 8.81. The highest BCUT2D eigenvalue weighted by Gasteiger charge is 2.43. The second kappa shape index (κ2) is 4.85. The van der Waals surface area contributed by atoms with Crippen LogP contribution in [-0.2, 0) is 12.8 Å². The number of rotatable bonds is 5. The summed E-state index contributed by atoms with van der Waals surface area (Å²) in [4.78, 5) is 0. The summed E-state index contributed by atoms with van der Waals surface area (Å²) in [5.74, 6) is 0.356. The van der Waals surface area contributed by atoms with Crippen LogP contribution in [0, 0.1) is 5.41 Å². The van der Waals surface area contributed by atoms with E-state index in [1.807, 2.05) is 0 Å². The molecule has 1 aromatic carbocycles. The molecule has 0 aromatic heterocycles. The van der Waals surface area contributed by atoms with Crippen LogP contribution in [0.1, 0.15) is 30.4 Å². The quantitative estimate of drug-likeness (QED) is 0.326. The van der Waals surface area contributed by atoms with Gasteiger partial charge in [0.05, 0.1) is 0 Å². The second-order valence-corrected chi connectivity index (χ2v) is 6.02. The summed E-state index contributed by atoms with van der Waals surface area (Å²) in [7, 11) is 0. The molecular formula is C15H21N3O. The van der Waals surface area contributed by atoms with E-state index in [0.717, 1.165) is 19.4 Å². The monoisotopic (exact) mass is 259 g/mol. The normalized spacial score (nSPS) is 21.4. The Morgan fingerprint density at radius 2 is 1.95 bits per heavy atom. The van der Waals surface area contributed by atoms with Gasteiger partial charge in [0, 0.05) is 19.0 Å². The summed E-state index contributed by atoms with van der Waals surface area (Å²) < 4.78 is 0. The summed E-state index contributed by atoms with van der Waals surface area (Å²) in [6.45, 7) is 0.974. The number of nitrogens with one attached hydrogen (secondary N) is 1. The maximum absolute atomic E-state index is 8.67. The van der Waals surface area contributed by atoms with Gasteiger partial charge in [-0.2, -0.15) is 0 Å². The molecule has 0 aliphatic heterocycles. The van der Waals surface area contributed by atoms with Gasteiger partial charge < -0.3 is 16.3 Å². The van der Waals surface area contributed by atoms with E-state index in [-0.39, 0.29) is 5.41 Å². The molecule has 4 N–H and O–H groups in total. The average molecular weight is 259 g/mol. The third-order valence-corrected chi connectivity index (χ3v) is 4.46.